The lowest BCUT2D eigenvalue weighted by molar-refractivity contribution is -0.179. The molecule has 3 heteroatoms. The first-order valence-corrected chi connectivity index (χ1v) is 6.93. The molecule has 0 N–H and O–H groups in total. The molecule has 2 atom stereocenters. The van der Waals surface area contributed by atoms with Crippen molar-refractivity contribution in [2.24, 2.45) is 0 Å². The second kappa shape index (κ2) is 5.60. The zero-order valence-corrected chi connectivity index (χ0v) is 11.7. The van der Waals surface area contributed by atoms with Crippen LogP contribution in [0.4, 0.5) is 0 Å². The summed E-state index contributed by atoms with van der Waals surface area (Å²) < 4.78 is 12.2. The molecule has 1 heterocycles. The van der Waals surface area contributed by atoms with Crippen molar-refractivity contribution in [1.82, 2.24) is 0 Å². The molecule has 2 nitrogen and oxygen atoms in total. The van der Waals surface area contributed by atoms with Gasteiger partial charge in [0.05, 0.1) is 6.10 Å². The van der Waals surface area contributed by atoms with E-state index in [9.17, 15) is 0 Å². The van der Waals surface area contributed by atoms with E-state index in [1.807, 2.05) is 24.3 Å². The Bertz CT molecular complexity index is 401. The van der Waals surface area contributed by atoms with Crippen molar-refractivity contribution >= 4 is 11.6 Å². The van der Waals surface area contributed by atoms with Crippen molar-refractivity contribution < 1.29 is 9.47 Å². The lowest BCUT2D eigenvalue weighted by atomic mass is 10.0. The molecule has 0 saturated carbocycles. The van der Waals surface area contributed by atoms with E-state index in [0.717, 1.165) is 23.4 Å². The Morgan fingerprint density at radius 1 is 1.22 bits per heavy atom. The predicted octanol–water partition coefficient (Wildman–Crippen LogP) is 4.54. The first-order valence-electron chi connectivity index (χ1n) is 6.55. The summed E-state index contributed by atoms with van der Waals surface area (Å²) in [7, 11) is 0. The molecule has 0 aromatic heterocycles. The van der Waals surface area contributed by atoms with Crippen LogP contribution in [0, 0.1) is 6.92 Å². The van der Waals surface area contributed by atoms with Crippen LogP contribution >= 0.6 is 11.6 Å². The maximum atomic E-state index is 6.25. The van der Waals surface area contributed by atoms with Gasteiger partial charge in [-0.15, -0.1) is 0 Å². The molecule has 99 valence electrons. The number of ether oxygens (including phenoxy) is 2. The summed E-state index contributed by atoms with van der Waals surface area (Å²) in [6.07, 6.45) is 2.21. The molecular formula is C15H20ClO2. The molecule has 0 bridgehead atoms. The van der Waals surface area contributed by atoms with Gasteiger partial charge < -0.3 is 9.47 Å². The summed E-state index contributed by atoms with van der Waals surface area (Å²) >= 11 is 6.25. The third-order valence-electron chi connectivity index (χ3n) is 3.62. The van der Waals surface area contributed by atoms with Gasteiger partial charge in [-0.1, -0.05) is 50.6 Å². The maximum Gasteiger partial charge on any atom is 0.169 e. The second-order valence-electron chi connectivity index (χ2n) is 4.62. The predicted molar refractivity (Wildman–Crippen MR) is 73.4 cm³/mol. The Labute approximate surface area is 114 Å². The van der Waals surface area contributed by atoms with E-state index >= 15 is 0 Å². The minimum atomic E-state index is -0.480. The molecule has 1 radical (unpaired) electrons. The topological polar surface area (TPSA) is 18.5 Å². The number of hydrogen-bond acceptors (Lipinski definition) is 2. The molecular weight excluding hydrogens is 248 g/mol. The van der Waals surface area contributed by atoms with E-state index in [1.165, 1.54) is 0 Å². The average Bonchev–Trinajstić information content (AvgIpc) is 2.79. The van der Waals surface area contributed by atoms with Crippen LogP contribution in [0.3, 0.4) is 0 Å². The zero-order chi connectivity index (χ0) is 13.2. The first-order chi connectivity index (χ1) is 8.65. The molecule has 1 fully saturated rings. The van der Waals surface area contributed by atoms with E-state index in [4.69, 9.17) is 21.1 Å². The van der Waals surface area contributed by atoms with Crippen molar-refractivity contribution in [2.75, 3.05) is 0 Å². The van der Waals surface area contributed by atoms with Gasteiger partial charge in [0, 0.05) is 10.6 Å². The third kappa shape index (κ3) is 2.42. The van der Waals surface area contributed by atoms with Crippen LogP contribution in [0.15, 0.2) is 24.3 Å². The van der Waals surface area contributed by atoms with Crippen LogP contribution in [-0.2, 0) is 9.47 Å². The summed E-state index contributed by atoms with van der Waals surface area (Å²) in [6, 6.07) is 7.79. The van der Waals surface area contributed by atoms with Gasteiger partial charge in [0.15, 0.2) is 5.79 Å². The summed E-state index contributed by atoms with van der Waals surface area (Å²) in [5.74, 6) is -0.480. The second-order valence-corrected chi connectivity index (χ2v) is 5.03. The Hall–Kier alpha value is -0.570. The van der Waals surface area contributed by atoms with Gasteiger partial charge >= 0.3 is 0 Å². The summed E-state index contributed by atoms with van der Waals surface area (Å²) in [4.78, 5) is 0. The molecule has 1 saturated heterocycles. The smallest absolute Gasteiger partial charge is 0.169 e. The largest absolute Gasteiger partial charge is 0.344 e. The van der Waals surface area contributed by atoms with Crippen molar-refractivity contribution in [1.29, 1.82) is 0 Å². The number of halogens is 1. The van der Waals surface area contributed by atoms with Crippen molar-refractivity contribution in [3.05, 3.63) is 41.8 Å². The van der Waals surface area contributed by atoms with Crippen LogP contribution in [0.1, 0.15) is 44.8 Å². The van der Waals surface area contributed by atoms with Crippen LogP contribution < -0.4 is 0 Å². The Morgan fingerprint density at radius 3 is 2.44 bits per heavy atom. The fourth-order valence-electron chi connectivity index (χ4n) is 2.44. The van der Waals surface area contributed by atoms with Gasteiger partial charge in [-0.05, 0) is 25.3 Å². The highest BCUT2D eigenvalue weighted by molar-refractivity contribution is 6.31. The maximum absolute atomic E-state index is 6.25. The summed E-state index contributed by atoms with van der Waals surface area (Å²) in [5.41, 5.74) is 0.997. The molecule has 1 aromatic carbocycles. The fourth-order valence-corrected chi connectivity index (χ4v) is 2.68. The SMILES string of the molecule is [CH2]CC1OC(CC)(CC)OC1c1ccccc1Cl. The normalized spacial score (nSPS) is 26.4. The van der Waals surface area contributed by atoms with Crippen LogP contribution in [0.5, 0.6) is 0 Å². The number of rotatable bonds is 4. The highest BCUT2D eigenvalue weighted by atomic mass is 35.5. The van der Waals surface area contributed by atoms with Gasteiger partial charge in [-0.25, -0.2) is 0 Å². The van der Waals surface area contributed by atoms with Crippen LogP contribution in [0.25, 0.3) is 0 Å². The lowest BCUT2D eigenvalue weighted by Crippen LogP contribution is -2.28. The monoisotopic (exact) mass is 267 g/mol. The molecule has 0 spiro atoms. The van der Waals surface area contributed by atoms with E-state index < -0.39 is 5.79 Å². The first kappa shape index (κ1) is 13.9. The highest BCUT2D eigenvalue weighted by Gasteiger charge is 2.45. The molecule has 1 aliphatic rings. The van der Waals surface area contributed by atoms with Gasteiger partial charge in [-0.3, -0.25) is 0 Å². The average molecular weight is 268 g/mol. The standard InChI is InChI=1S/C15H20ClO2/c1-4-13-14(11-9-7-8-10-12(11)16)18-15(5-2,6-3)17-13/h7-10,13-14H,1,4-6H2,2-3H3. The minimum absolute atomic E-state index is 0.0233. The van der Waals surface area contributed by atoms with Crippen molar-refractivity contribution in [3.63, 3.8) is 0 Å². The molecule has 2 rings (SSSR count). The number of hydrogen-bond donors (Lipinski definition) is 0. The Morgan fingerprint density at radius 2 is 1.89 bits per heavy atom. The van der Waals surface area contributed by atoms with E-state index in [0.29, 0.717) is 6.42 Å². The van der Waals surface area contributed by atoms with Gasteiger partial charge in [-0.2, -0.15) is 0 Å². The molecule has 18 heavy (non-hydrogen) atoms. The van der Waals surface area contributed by atoms with Gasteiger partial charge in [0.1, 0.15) is 6.10 Å². The Balaban J connectivity index is 2.30. The molecule has 1 aromatic rings. The van der Waals surface area contributed by atoms with E-state index in [2.05, 4.69) is 20.8 Å². The summed E-state index contributed by atoms with van der Waals surface area (Å²) in [5, 5.41) is 0.729. The quantitative estimate of drug-likeness (QED) is 0.798. The van der Waals surface area contributed by atoms with E-state index in [-0.39, 0.29) is 12.2 Å². The fraction of sp³-hybridized carbons (Fsp3) is 0.533. The molecule has 0 amide bonds. The van der Waals surface area contributed by atoms with Crippen LogP contribution in [0.2, 0.25) is 5.02 Å². The minimum Gasteiger partial charge on any atom is -0.344 e. The third-order valence-corrected chi connectivity index (χ3v) is 3.96. The van der Waals surface area contributed by atoms with Gasteiger partial charge in [0.2, 0.25) is 0 Å². The number of benzene rings is 1. The van der Waals surface area contributed by atoms with Crippen LogP contribution in [-0.4, -0.2) is 11.9 Å². The van der Waals surface area contributed by atoms with Crippen molar-refractivity contribution in [2.45, 2.75) is 51.1 Å². The van der Waals surface area contributed by atoms with E-state index in [1.54, 1.807) is 0 Å². The van der Waals surface area contributed by atoms with Gasteiger partial charge in [0.25, 0.3) is 0 Å². The highest BCUT2D eigenvalue weighted by Crippen LogP contribution is 2.44. The van der Waals surface area contributed by atoms with Crippen molar-refractivity contribution in [3.8, 4) is 0 Å². The zero-order valence-electron chi connectivity index (χ0n) is 11.0. The molecule has 1 aliphatic heterocycles. The lowest BCUT2D eigenvalue weighted by Gasteiger charge is -2.25. The molecule has 2 unspecified atom stereocenters. The molecule has 0 aliphatic carbocycles. The summed E-state index contributed by atoms with van der Waals surface area (Å²) in [6.45, 7) is 8.12. The Kier molecular flexibility index (Phi) is 4.31.